The fourth-order valence-corrected chi connectivity index (χ4v) is 6.74. The highest BCUT2D eigenvalue weighted by atomic mass is 32.2. The number of hydrogen-bond acceptors (Lipinski definition) is 6. The van der Waals surface area contributed by atoms with E-state index in [1.54, 1.807) is 22.6 Å². The first-order chi connectivity index (χ1) is 19.5. The summed E-state index contributed by atoms with van der Waals surface area (Å²) in [5.74, 6) is 1.03. The highest BCUT2D eigenvalue weighted by Gasteiger charge is 2.31. The first-order valence-electron chi connectivity index (χ1n) is 13.6. The van der Waals surface area contributed by atoms with E-state index in [1.165, 1.54) is 5.56 Å². The second kappa shape index (κ2) is 11.2. The molecule has 0 bridgehead atoms. The van der Waals surface area contributed by atoms with Gasteiger partial charge in [-0.05, 0) is 61.1 Å². The Bertz CT molecular complexity index is 1700. The van der Waals surface area contributed by atoms with Crippen molar-refractivity contribution in [3.05, 3.63) is 119 Å². The van der Waals surface area contributed by atoms with Gasteiger partial charge in [-0.2, -0.15) is 13.9 Å². The van der Waals surface area contributed by atoms with Crippen LogP contribution in [0.15, 0.2) is 96.3 Å². The molecule has 40 heavy (non-hydrogen) atoms. The van der Waals surface area contributed by atoms with Crippen molar-refractivity contribution in [2.45, 2.75) is 43.5 Å². The molecular weight excluding hydrogens is 520 g/mol. The van der Waals surface area contributed by atoms with E-state index in [4.69, 9.17) is 4.98 Å². The number of anilines is 1. The van der Waals surface area contributed by atoms with E-state index < -0.39 is 10.0 Å². The van der Waals surface area contributed by atoms with Crippen molar-refractivity contribution in [1.29, 1.82) is 0 Å². The van der Waals surface area contributed by atoms with Gasteiger partial charge in [-0.15, -0.1) is 0 Å². The molecule has 0 saturated carbocycles. The molecule has 1 aliphatic rings. The van der Waals surface area contributed by atoms with E-state index in [0.717, 1.165) is 40.3 Å². The van der Waals surface area contributed by atoms with Gasteiger partial charge in [0.15, 0.2) is 5.65 Å². The summed E-state index contributed by atoms with van der Waals surface area (Å²) in [7, 11) is -3.56. The lowest BCUT2D eigenvalue weighted by Gasteiger charge is -2.31. The van der Waals surface area contributed by atoms with Gasteiger partial charge in [-0.3, -0.25) is 4.98 Å². The van der Waals surface area contributed by atoms with E-state index in [1.807, 2.05) is 66.3 Å². The minimum absolute atomic E-state index is 0.165. The number of benzene rings is 2. The third-order valence-electron chi connectivity index (χ3n) is 7.55. The number of aromatic nitrogens is 4. The lowest BCUT2D eigenvalue weighted by Crippen LogP contribution is -2.38. The number of pyridine rings is 1. The van der Waals surface area contributed by atoms with Crippen LogP contribution in [0, 0.1) is 6.92 Å². The molecule has 4 heterocycles. The number of aryl methyl sites for hydroxylation is 1. The highest BCUT2D eigenvalue weighted by Crippen LogP contribution is 2.32. The molecular formula is C31H32N6O2S. The number of rotatable bonds is 8. The van der Waals surface area contributed by atoms with Crippen LogP contribution in [0.4, 0.5) is 5.82 Å². The zero-order valence-corrected chi connectivity index (χ0v) is 23.3. The molecule has 204 valence electrons. The lowest BCUT2D eigenvalue weighted by atomic mass is 9.94. The van der Waals surface area contributed by atoms with Crippen LogP contribution in [0.5, 0.6) is 0 Å². The van der Waals surface area contributed by atoms with E-state index in [2.05, 4.69) is 33.6 Å². The molecule has 0 spiro atoms. The van der Waals surface area contributed by atoms with Crippen molar-refractivity contribution in [2.75, 3.05) is 18.4 Å². The monoisotopic (exact) mass is 552 g/mol. The zero-order chi connectivity index (χ0) is 27.5. The van der Waals surface area contributed by atoms with Gasteiger partial charge in [0, 0.05) is 55.3 Å². The Morgan fingerprint density at radius 3 is 2.35 bits per heavy atom. The van der Waals surface area contributed by atoms with Crippen LogP contribution in [-0.2, 0) is 23.0 Å². The van der Waals surface area contributed by atoms with Crippen LogP contribution in [0.2, 0.25) is 0 Å². The van der Waals surface area contributed by atoms with Crippen molar-refractivity contribution in [3.8, 4) is 0 Å². The summed E-state index contributed by atoms with van der Waals surface area (Å²) in [6.07, 6.45) is 7.62. The maximum atomic E-state index is 13.4. The highest BCUT2D eigenvalue weighted by molar-refractivity contribution is 7.89. The van der Waals surface area contributed by atoms with Gasteiger partial charge in [-0.1, -0.05) is 48.5 Å². The SMILES string of the molecule is Cc1cnn2c(NCc3cccnc3)cc(C3CCN(S(=O)(=O)c4ccc(Cc5ccccc5)cc4)CC3)nc12. The zero-order valence-electron chi connectivity index (χ0n) is 22.4. The van der Waals surface area contributed by atoms with Crippen molar-refractivity contribution in [3.63, 3.8) is 0 Å². The van der Waals surface area contributed by atoms with E-state index in [0.29, 0.717) is 37.4 Å². The second-order valence-corrected chi connectivity index (χ2v) is 12.3. The summed E-state index contributed by atoms with van der Waals surface area (Å²) in [6.45, 7) is 3.54. The van der Waals surface area contributed by atoms with Crippen LogP contribution in [-0.4, -0.2) is 45.4 Å². The van der Waals surface area contributed by atoms with E-state index in [9.17, 15) is 8.42 Å². The van der Waals surface area contributed by atoms with Crippen molar-refractivity contribution >= 4 is 21.5 Å². The van der Waals surface area contributed by atoms with Gasteiger partial charge in [0.1, 0.15) is 5.82 Å². The van der Waals surface area contributed by atoms with Gasteiger partial charge in [-0.25, -0.2) is 13.4 Å². The predicted molar refractivity (Wildman–Crippen MR) is 156 cm³/mol. The van der Waals surface area contributed by atoms with Gasteiger partial charge in [0.05, 0.1) is 11.1 Å². The molecule has 1 aliphatic heterocycles. The molecule has 0 radical (unpaired) electrons. The first kappa shape index (κ1) is 26.2. The third-order valence-corrected chi connectivity index (χ3v) is 9.46. The molecule has 0 aliphatic carbocycles. The summed E-state index contributed by atoms with van der Waals surface area (Å²) < 4.78 is 30.3. The second-order valence-electron chi connectivity index (χ2n) is 10.3. The number of piperidine rings is 1. The average Bonchev–Trinajstić information content (AvgIpc) is 3.38. The van der Waals surface area contributed by atoms with E-state index >= 15 is 0 Å². The topological polar surface area (TPSA) is 92.5 Å². The van der Waals surface area contributed by atoms with Crippen LogP contribution >= 0.6 is 0 Å². The minimum Gasteiger partial charge on any atom is -0.366 e. The van der Waals surface area contributed by atoms with Crippen LogP contribution in [0.25, 0.3) is 5.65 Å². The lowest BCUT2D eigenvalue weighted by molar-refractivity contribution is 0.317. The summed E-state index contributed by atoms with van der Waals surface area (Å²) in [4.78, 5) is 9.49. The summed E-state index contributed by atoms with van der Waals surface area (Å²) >= 11 is 0. The summed E-state index contributed by atoms with van der Waals surface area (Å²) in [6, 6.07) is 23.5. The normalized spacial score (nSPS) is 14.9. The maximum Gasteiger partial charge on any atom is 0.243 e. The predicted octanol–water partition coefficient (Wildman–Crippen LogP) is 5.20. The molecule has 0 amide bonds. The Morgan fingerprint density at radius 2 is 1.62 bits per heavy atom. The molecule has 0 atom stereocenters. The van der Waals surface area contributed by atoms with Crippen molar-refractivity contribution in [1.82, 2.24) is 23.9 Å². The summed E-state index contributed by atoms with van der Waals surface area (Å²) in [5.41, 5.74) is 6.15. The molecule has 9 heteroatoms. The van der Waals surface area contributed by atoms with Gasteiger partial charge < -0.3 is 5.32 Å². The Morgan fingerprint density at radius 1 is 0.900 bits per heavy atom. The number of sulfonamides is 1. The Balaban J connectivity index is 1.15. The summed E-state index contributed by atoms with van der Waals surface area (Å²) in [5, 5.41) is 8.00. The molecule has 0 unspecified atom stereocenters. The Hall–Kier alpha value is -4.08. The van der Waals surface area contributed by atoms with Gasteiger partial charge in [0.2, 0.25) is 10.0 Å². The minimum atomic E-state index is -3.56. The fraction of sp³-hybridized carbons (Fsp3) is 0.258. The fourth-order valence-electron chi connectivity index (χ4n) is 5.27. The maximum absolute atomic E-state index is 13.4. The van der Waals surface area contributed by atoms with Gasteiger partial charge in [0.25, 0.3) is 0 Å². The third kappa shape index (κ3) is 5.48. The molecule has 2 aromatic carbocycles. The van der Waals surface area contributed by atoms with Gasteiger partial charge >= 0.3 is 0 Å². The van der Waals surface area contributed by atoms with Crippen LogP contribution in [0.1, 0.15) is 46.7 Å². The molecule has 1 N–H and O–H groups in total. The Labute approximate surface area is 234 Å². The molecule has 5 aromatic rings. The largest absolute Gasteiger partial charge is 0.366 e. The van der Waals surface area contributed by atoms with Crippen LogP contribution in [0.3, 0.4) is 0 Å². The smallest absolute Gasteiger partial charge is 0.243 e. The number of nitrogens with one attached hydrogen (secondary N) is 1. The average molecular weight is 553 g/mol. The number of nitrogens with zero attached hydrogens (tertiary/aromatic N) is 5. The molecule has 1 fully saturated rings. The number of fused-ring (bicyclic) bond motifs is 1. The van der Waals surface area contributed by atoms with Crippen molar-refractivity contribution in [2.24, 2.45) is 0 Å². The standard InChI is InChI=1S/C31H32N6O2S/c1-23-20-34-37-30(33-22-26-8-5-15-32-21-26)19-29(35-31(23)37)27-13-16-36(17-14-27)40(38,39)28-11-9-25(10-12-28)18-24-6-3-2-4-7-24/h2-12,15,19-21,27,33H,13-14,16-18,22H2,1H3. The van der Waals surface area contributed by atoms with E-state index in [-0.39, 0.29) is 5.92 Å². The van der Waals surface area contributed by atoms with Crippen molar-refractivity contribution < 1.29 is 8.42 Å². The number of hydrogen-bond donors (Lipinski definition) is 1. The molecule has 1 saturated heterocycles. The quantitative estimate of drug-likeness (QED) is 0.284. The molecule has 6 rings (SSSR count). The molecule has 8 nitrogen and oxygen atoms in total. The molecule has 3 aromatic heterocycles. The van der Waals surface area contributed by atoms with Crippen LogP contribution < -0.4 is 5.32 Å². The Kier molecular flexibility index (Phi) is 7.32. The first-order valence-corrected chi connectivity index (χ1v) is 15.0.